The summed E-state index contributed by atoms with van der Waals surface area (Å²) in [5.41, 5.74) is 2.90. The summed E-state index contributed by atoms with van der Waals surface area (Å²) < 4.78 is 0. The average molecular weight is 296 g/mol. The topological polar surface area (TPSA) is 49.4 Å². The molecule has 0 saturated heterocycles. The van der Waals surface area contributed by atoms with Crippen molar-refractivity contribution in [3.05, 3.63) is 65.7 Å². The molecule has 1 N–H and O–H groups in total. The number of anilines is 1. The van der Waals surface area contributed by atoms with Gasteiger partial charge in [-0.1, -0.05) is 48.0 Å². The van der Waals surface area contributed by atoms with Crippen LogP contribution in [0.4, 0.5) is 5.69 Å². The summed E-state index contributed by atoms with van der Waals surface area (Å²) in [5, 5.41) is 2.67. The highest BCUT2D eigenvalue weighted by atomic mass is 16.2. The lowest BCUT2D eigenvalue weighted by atomic mass is 10.1. The van der Waals surface area contributed by atoms with Crippen LogP contribution in [0.1, 0.15) is 11.1 Å². The Bertz CT molecular complexity index is 636. The summed E-state index contributed by atoms with van der Waals surface area (Å²) >= 11 is 0. The number of para-hydroxylation sites is 1. The summed E-state index contributed by atoms with van der Waals surface area (Å²) in [5.74, 6) is -0.304. The van der Waals surface area contributed by atoms with Gasteiger partial charge in [0.05, 0.1) is 13.0 Å². The van der Waals surface area contributed by atoms with Crippen molar-refractivity contribution >= 4 is 17.5 Å². The first-order valence-corrected chi connectivity index (χ1v) is 7.20. The molecule has 0 spiro atoms. The molecule has 0 aliphatic heterocycles. The first-order valence-electron chi connectivity index (χ1n) is 7.20. The second-order valence-electron chi connectivity index (χ2n) is 5.23. The molecule has 0 aliphatic rings. The molecule has 0 aliphatic carbocycles. The van der Waals surface area contributed by atoms with Crippen LogP contribution in [-0.2, 0) is 16.0 Å². The highest BCUT2D eigenvalue weighted by Gasteiger charge is 2.12. The summed E-state index contributed by atoms with van der Waals surface area (Å²) in [6, 6.07) is 17.1. The predicted octanol–water partition coefficient (Wildman–Crippen LogP) is 2.32. The Labute approximate surface area is 130 Å². The molecule has 4 heteroatoms. The van der Waals surface area contributed by atoms with Crippen LogP contribution in [0, 0.1) is 6.92 Å². The number of aryl methyl sites for hydroxylation is 1. The lowest BCUT2D eigenvalue weighted by Crippen LogP contribution is -2.38. The molecule has 2 aromatic carbocycles. The number of rotatable bonds is 5. The first-order chi connectivity index (χ1) is 10.6. The quantitative estimate of drug-likeness (QED) is 0.920. The van der Waals surface area contributed by atoms with Crippen LogP contribution in [0.3, 0.4) is 0 Å². The highest BCUT2D eigenvalue weighted by molar-refractivity contribution is 5.96. The third kappa shape index (κ3) is 4.45. The number of likely N-dealkylation sites (N-methyl/N-ethyl adjacent to an activating group) is 1. The molecular weight excluding hydrogens is 276 g/mol. The zero-order valence-electron chi connectivity index (χ0n) is 12.9. The molecule has 0 atom stereocenters. The van der Waals surface area contributed by atoms with E-state index in [1.165, 1.54) is 4.90 Å². The Morgan fingerprint density at radius 2 is 1.64 bits per heavy atom. The number of nitrogens with one attached hydrogen (secondary N) is 1. The van der Waals surface area contributed by atoms with Crippen molar-refractivity contribution in [3.8, 4) is 0 Å². The van der Waals surface area contributed by atoms with E-state index in [1.807, 2.05) is 61.5 Å². The minimum atomic E-state index is -0.154. The van der Waals surface area contributed by atoms with E-state index in [1.54, 1.807) is 7.05 Å². The molecule has 22 heavy (non-hydrogen) atoms. The van der Waals surface area contributed by atoms with Gasteiger partial charge in [0.15, 0.2) is 0 Å². The Hall–Kier alpha value is -2.62. The van der Waals surface area contributed by atoms with Gasteiger partial charge >= 0.3 is 0 Å². The van der Waals surface area contributed by atoms with Gasteiger partial charge in [-0.05, 0) is 24.6 Å². The van der Waals surface area contributed by atoms with Crippen molar-refractivity contribution in [2.75, 3.05) is 18.5 Å². The molecule has 114 valence electrons. The zero-order valence-corrected chi connectivity index (χ0v) is 12.9. The van der Waals surface area contributed by atoms with Gasteiger partial charge in [0.25, 0.3) is 0 Å². The van der Waals surface area contributed by atoms with Gasteiger partial charge < -0.3 is 10.2 Å². The molecular formula is C18H20N2O2. The fourth-order valence-electron chi connectivity index (χ4n) is 2.04. The van der Waals surface area contributed by atoms with Gasteiger partial charge in [-0.25, -0.2) is 0 Å². The molecule has 0 heterocycles. The molecule has 0 saturated carbocycles. The number of benzene rings is 2. The Morgan fingerprint density at radius 1 is 1.00 bits per heavy atom. The van der Waals surface area contributed by atoms with E-state index in [0.29, 0.717) is 0 Å². The molecule has 0 unspecified atom stereocenters. The monoisotopic (exact) mass is 296 g/mol. The Morgan fingerprint density at radius 3 is 2.27 bits per heavy atom. The standard InChI is InChI=1S/C18H20N2O2/c1-14-8-10-15(11-9-14)12-17(21)19-13-18(22)20(2)16-6-4-3-5-7-16/h3-11H,12-13H2,1-2H3,(H,19,21). The zero-order chi connectivity index (χ0) is 15.9. The fourth-order valence-corrected chi connectivity index (χ4v) is 2.04. The second kappa shape index (κ2) is 7.41. The molecule has 2 rings (SSSR count). The number of nitrogens with zero attached hydrogens (tertiary/aromatic N) is 1. The van der Waals surface area contributed by atoms with E-state index in [4.69, 9.17) is 0 Å². The number of carbonyl (C=O) groups is 2. The number of amides is 2. The van der Waals surface area contributed by atoms with Gasteiger partial charge in [0, 0.05) is 12.7 Å². The maximum Gasteiger partial charge on any atom is 0.246 e. The van der Waals surface area contributed by atoms with Crippen LogP contribution in [0.25, 0.3) is 0 Å². The summed E-state index contributed by atoms with van der Waals surface area (Å²) in [6.45, 7) is 2.00. The molecule has 0 bridgehead atoms. The number of hydrogen-bond acceptors (Lipinski definition) is 2. The maximum absolute atomic E-state index is 12.1. The van der Waals surface area contributed by atoms with E-state index in [0.717, 1.165) is 16.8 Å². The third-order valence-corrected chi connectivity index (χ3v) is 3.44. The minimum Gasteiger partial charge on any atom is -0.347 e. The van der Waals surface area contributed by atoms with Crippen LogP contribution in [0.15, 0.2) is 54.6 Å². The van der Waals surface area contributed by atoms with Gasteiger partial charge in [-0.3, -0.25) is 9.59 Å². The van der Waals surface area contributed by atoms with Crippen LogP contribution in [0.5, 0.6) is 0 Å². The van der Waals surface area contributed by atoms with E-state index >= 15 is 0 Å². The van der Waals surface area contributed by atoms with Gasteiger partial charge in [-0.2, -0.15) is 0 Å². The van der Waals surface area contributed by atoms with E-state index in [-0.39, 0.29) is 24.8 Å². The van der Waals surface area contributed by atoms with Crippen LogP contribution in [-0.4, -0.2) is 25.4 Å². The van der Waals surface area contributed by atoms with Crippen molar-refractivity contribution in [3.63, 3.8) is 0 Å². The van der Waals surface area contributed by atoms with Crippen LogP contribution < -0.4 is 10.2 Å². The summed E-state index contributed by atoms with van der Waals surface area (Å²) in [4.78, 5) is 25.5. The number of hydrogen-bond donors (Lipinski definition) is 1. The Balaban J connectivity index is 1.83. The molecule has 4 nitrogen and oxygen atoms in total. The second-order valence-corrected chi connectivity index (χ2v) is 5.23. The van der Waals surface area contributed by atoms with Crippen molar-refractivity contribution in [1.82, 2.24) is 5.32 Å². The van der Waals surface area contributed by atoms with Crippen molar-refractivity contribution in [2.45, 2.75) is 13.3 Å². The van der Waals surface area contributed by atoms with Crippen molar-refractivity contribution in [2.24, 2.45) is 0 Å². The lowest BCUT2D eigenvalue weighted by Gasteiger charge is -2.17. The average Bonchev–Trinajstić information content (AvgIpc) is 2.55. The fraction of sp³-hybridized carbons (Fsp3) is 0.222. The van der Waals surface area contributed by atoms with Crippen LogP contribution >= 0.6 is 0 Å². The molecule has 0 aromatic heterocycles. The lowest BCUT2D eigenvalue weighted by molar-refractivity contribution is -0.124. The van der Waals surface area contributed by atoms with Gasteiger partial charge in [0.1, 0.15) is 0 Å². The van der Waals surface area contributed by atoms with Gasteiger partial charge in [-0.15, -0.1) is 0 Å². The summed E-state index contributed by atoms with van der Waals surface area (Å²) in [6.07, 6.45) is 0.280. The van der Waals surface area contributed by atoms with E-state index in [9.17, 15) is 9.59 Å². The number of carbonyl (C=O) groups excluding carboxylic acids is 2. The van der Waals surface area contributed by atoms with E-state index in [2.05, 4.69) is 5.32 Å². The molecule has 0 fully saturated rings. The highest BCUT2D eigenvalue weighted by Crippen LogP contribution is 2.10. The SMILES string of the molecule is Cc1ccc(CC(=O)NCC(=O)N(C)c2ccccc2)cc1. The van der Waals surface area contributed by atoms with Crippen molar-refractivity contribution < 1.29 is 9.59 Å². The van der Waals surface area contributed by atoms with E-state index < -0.39 is 0 Å². The maximum atomic E-state index is 12.1. The normalized spacial score (nSPS) is 10.1. The predicted molar refractivity (Wildman–Crippen MR) is 87.7 cm³/mol. The molecule has 2 amide bonds. The third-order valence-electron chi connectivity index (χ3n) is 3.44. The largest absolute Gasteiger partial charge is 0.347 e. The minimum absolute atomic E-state index is 0.00388. The smallest absolute Gasteiger partial charge is 0.246 e. The van der Waals surface area contributed by atoms with Crippen LogP contribution in [0.2, 0.25) is 0 Å². The Kier molecular flexibility index (Phi) is 5.31. The van der Waals surface area contributed by atoms with Gasteiger partial charge in [0.2, 0.25) is 11.8 Å². The molecule has 0 radical (unpaired) electrons. The molecule has 2 aromatic rings. The van der Waals surface area contributed by atoms with Crippen molar-refractivity contribution in [1.29, 1.82) is 0 Å². The first kappa shape index (κ1) is 15.8. The summed E-state index contributed by atoms with van der Waals surface area (Å²) in [7, 11) is 1.70.